The molecule has 0 aliphatic carbocycles. The molecule has 1 saturated heterocycles. The molecule has 1 N–H and O–H groups in total. The van der Waals surface area contributed by atoms with Crippen LogP contribution in [0.15, 0.2) is 59.5 Å². The number of sulfonamides is 1. The first-order valence-electron chi connectivity index (χ1n) is 11.7. The van der Waals surface area contributed by atoms with E-state index in [1.165, 1.54) is 9.87 Å². The number of carbonyl (C=O) groups is 2. The Morgan fingerprint density at radius 2 is 1.59 bits per heavy atom. The van der Waals surface area contributed by atoms with Crippen molar-refractivity contribution in [1.82, 2.24) is 14.5 Å². The van der Waals surface area contributed by atoms with Crippen molar-refractivity contribution in [2.24, 2.45) is 0 Å². The minimum absolute atomic E-state index is 0.118. The Labute approximate surface area is 202 Å². The summed E-state index contributed by atoms with van der Waals surface area (Å²) in [6.45, 7) is 7.34. The van der Waals surface area contributed by atoms with Crippen molar-refractivity contribution in [2.75, 3.05) is 50.7 Å². The van der Waals surface area contributed by atoms with Crippen LogP contribution in [0.2, 0.25) is 0 Å². The normalized spacial score (nSPS) is 14.6. The zero-order valence-electron chi connectivity index (χ0n) is 19.9. The first-order valence-corrected chi connectivity index (χ1v) is 13.2. The third kappa shape index (κ3) is 6.57. The molecule has 0 bridgehead atoms. The summed E-state index contributed by atoms with van der Waals surface area (Å²) in [7, 11) is -3.55. The summed E-state index contributed by atoms with van der Waals surface area (Å²) in [6, 6.07) is 16.5. The van der Waals surface area contributed by atoms with E-state index in [2.05, 4.69) is 36.2 Å². The number of hydrogen-bond acceptors (Lipinski definition) is 5. The van der Waals surface area contributed by atoms with Gasteiger partial charge in [-0.3, -0.25) is 9.59 Å². The predicted octanol–water partition coefficient (Wildman–Crippen LogP) is 2.25. The number of benzene rings is 2. The molecule has 0 spiro atoms. The third-order valence-electron chi connectivity index (χ3n) is 6.08. The summed E-state index contributed by atoms with van der Waals surface area (Å²) >= 11 is 0. The molecule has 0 unspecified atom stereocenters. The smallest absolute Gasteiger partial charge is 0.243 e. The molecule has 2 aromatic rings. The number of piperazine rings is 1. The van der Waals surface area contributed by atoms with Crippen LogP contribution in [0.25, 0.3) is 0 Å². The van der Waals surface area contributed by atoms with Crippen LogP contribution < -0.4 is 10.2 Å². The maximum absolute atomic E-state index is 12.7. The molecule has 0 radical (unpaired) electrons. The highest BCUT2D eigenvalue weighted by atomic mass is 32.2. The van der Waals surface area contributed by atoms with Gasteiger partial charge >= 0.3 is 0 Å². The average Bonchev–Trinajstić information content (AvgIpc) is 2.86. The lowest BCUT2D eigenvalue weighted by Gasteiger charge is -2.34. The first kappa shape index (κ1) is 25.7. The number of likely N-dealkylation sites (N-methyl/N-ethyl adjacent to an activating group) is 1. The number of rotatable bonds is 10. The van der Waals surface area contributed by atoms with Gasteiger partial charge in [0.25, 0.3) is 0 Å². The molecule has 2 amide bonds. The highest BCUT2D eigenvalue weighted by Gasteiger charge is 2.29. The number of hydrogen-bond donors (Lipinski definition) is 1. The van der Waals surface area contributed by atoms with Gasteiger partial charge in [-0.1, -0.05) is 36.4 Å². The van der Waals surface area contributed by atoms with E-state index in [1.807, 2.05) is 12.1 Å². The van der Waals surface area contributed by atoms with Crippen LogP contribution in [-0.4, -0.2) is 75.3 Å². The largest absolute Gasteiger partial charge is 0.370 e. The van der Waals surface area contributed by atoms with E-state index in [-0.39, 0.29) is 42.6 Å². The number of anilines is 1. The molecule has 184 valence electrons. The molecule has 3 rings (SSSR count). The predicted molar refractivity (Wildman–Crippen MR) is 133 cm³/mol. The van der Waals surface area contributed by atoms with Gasteiger partial charge in [0.2, 0.25) is 21.8 Å². The number of nitrogens with one attached hydrogen (secondary N) is 1. The quantitative estimate of drug-likeness (QED) is 0.556. The number of amides is 2. The van der Waals surface area contributed by atoms with Crippen molar-refractivity contribution < 1.29 is 18.0 Å². The Bertz CT molecular complexity index is 1070. The van der Waals surface area contributed by atoms with E-state index in [9.17, 15) is 18.0 Å². The van der Waals surface area contributed by atoms with E-state index in [4.69, 9.17) is 0 Å². The lowest BCUT2D eigenvalue weighted by atomic mass is 10.2. The molecule has 34 heavy (non-hydrogen) atoms. The fourth-order valence-corrected chi connectivity index (χ4v) is 5.53. The van der Waals surface area contributed by atoms with E-state index in [0.717, 1.165) is 12.2 Å². The number of aryl methyl sites for hydroxylation is 1. The summed E-state index contributed by atoms with van der Waals surface area (Å²) in [5.41, 5.74) is 2.35. The fraction of sp³-hybridized carbons (Fsp3) is 0.440. The van der Waals surface area contributed by atoms with E-state index < -0.39 is 10.0 Å². The van der Waals surface area contributed by atoms with Crippen LogP contribution in [0, 0.1) is 6.92 Å². The lowest BCUT2D eigenvalue weighted by molar-refractivity contribution is -0.134. The zero-order valence-corrected chi connectivity index (χ0v) is 20.8. The molecule has 1 fully saturated rings. The van der Waals surface area contributed by atoms with Crippen LogP contribution in [0.4, 0.5) is 5.69 Å². The maximum Gasteiger partial charge on any atom is 0.243 e. The van der Waals surface area contributed by atoms with Crippen molar-refractivity contribution >= 4 is 27.5 Å². The second kappa shape index (κ2) is 12.0. The number of para-hydroxylation sites is 1. The molecule has 0 saturated carbocycles. The van der Waals surface area contributed by atoms with Gasteiger partial charge in [-0.25, -0.2) is 8.42 Å². The van der Waals surface area contributed by atoms with Gasteiger partial charge in [0.15, 0.2) is 0 Å². The molecule has 0 atom stereocenters. The van der Waals surface area contributed by atoms with Crippen LogP contribution in [0.1, 0.15) is 25.3 Å². The molecule has 0 aromatic heterocycles. The van der Waals surface area contributed by atoms with Gasteiger partial charge in [-0.2, -0.15) is 4.31 Å². The first-order chi connectivity index (χ1) is 16.3. The Morgan fingerprint density at radius 1 is 0.941 bits per heavy atom. The molecule has 9 heteroatoms. The zero-order chi connectivity index (χ0) is 24.6. The summed E-state index contributed by atoms with van der Waals surface area (Å²) in [4.78, 5) is 28.9. The van der Waals surface area contributed by atoms with Gasteiger partial charge < -0.3 is 15.1 Å². The van der Waals surface area contributed by atoms with Crippen LogP contribution >= 0.6 is 0 Å². The maximum atomic E-state index is 12.7. The van der Waals surface area contributed by atoms with Gasteiger partial charge in [0, 0.05) is 64.3 Å². The summed E-state index contributed by atoms with van der Waals surface area (Å²) in [5.74, 6) is -0.276. The average molecular weight is 487 g/mol. The topological polar surface area (TPSA) is 90.0 Å². The van der Waals surface area contributed by atoms with Crippen LogP contribution in [-0.2, 0) is 19.6 Å². The SMILES string of the molecule is CCN(CCNC(=O)CCC(=O)N1CCN(S(=O)(=O)c2ccccc2)CC1)c1ccccc1C. The highest BCUT2D eigenvalue weighted by molar-refractivity contribution is 7.89. The fourth-order valence-electron chi connectivity index (χ4n) is 4.08. The molecule has 2 aromatic carbocycles. The summed E-state index contributed by atoms with van der Waals surface area (Å²) in [6.07, 6.45) is 0.240. The molecule has 1 aliphatic heterocycles. The van der Waals surface area contributed by atoms with E-state index >= 15 is 0 Å². The Kier molecular flexibility index (Phi) is 9.06. The van der Waals surface area contributed by atoms with Crippen molar-refractivity contribution in [1.29, 1.82) is 0 Å². The second-order valence-electron chi connectivity index (χ2n) is 8.31. The molecular weight excluding hydrogens is 452 g/mol. The van der Waals surface area contributed by atoms with Gasteiger partial charge in [-0.05, 0) is 37.6 Å². The monoisotopic (exact) mass is 486 g/mol. The molecule has 1 heterocycles. The van der Waals surface area contributed by atoms with Crippen molar-refractivity contribution in [3.63, 3.8) is 0 Å². The Hall–Kier alpha value is -2.91. The number of carbonyl (C=O) groups excluding carboxylic acids is 2. The van der Waals surface area contributed by atoms with Gasteiger partial charge in [0.05, 0.1) is 4.90 Å². The van der Waals surface area contributed by atoms with Crippen LogP contribution in [0.5, 0.6) is 0 Å². The Morgan fingerprint density at radius 3 is 2.24 bits per heavy atom. The Balaban J connectivity index is 1.39. The third-order valence-corrected chi connectivity index (χ3v) is 7.99. The molecule has 8 nitrogen and oxygen atoms in total. The minimum Gasteiger partial charge on any atom is -0.370 e. The molecule has 1 aliphatic rings. The van der Waals surface area contributed by atoms with Crippen molar-refractivity contribution in [3.8, 4) is 0 Å². The summed E-state index contributed by atoms with van der Waals surface area (Å²) in [5, 5.41) is 2.90. The van der Waals surface area contributed by atoms with E-state index in [0.29, 0.717) is 26.2 Å². The van der Waals surface area contributed by atoms with E-state index in [1.54, 1.807) is 35.2 Å². The molecular formula is C25H34N4O4S. The van der Waals surface area contributed by atoms with Crippen molar-refractivity contribution in [2.45, 2.75) is 31.6 Å². The van der Waals surface area contributed by atoms with Gasteiger partial charge in [0.1, 0.15) is 0 Å². The standard InChI is InChI=1S/C25H34N4O4S/c1-3-27(23-12-8-7-9-21(23)2)16-15-26-24(30)13-14-25(31)28-17-19-29(20-18-28)34(32,33)22-10-5-4-6-11-22/h4-12H,3,13-20H2,1-2H3,(H,26,30). The lowest BCUT2D eigenvalue weighted by Crippen LogP contribution is -2.50. The van der Waals surface area contributed by atoms with Crippen LogP contribution in [0.3, 0.4) is 0 Å². The second-order valence-corrected chi connectivity index (χ2v) is 10.3. The highest BCUT2D eigenvalue weighted by Crippen LogP contribution is 2.19. The number of nitrogens with zero attached hydrogens (tertiary/aromatic N) is 3. The van der Waals surface area contributed by atoms with Gasteiger partial charge in [-0.15, -0.1) is 0 Å². The van der Waals surface area contributed by atoms with Crippen molar-refractivity contribution in [3.05, 3.63) is 60.2 Å². The summed E-state index contributed by atoms with van der Waals surface area (Å²) < 4.78 is 26.9. The minimum atomic E-state index is -3.55.